The van der Waals surface area contributed by atoms with Gasteiger partial charge in [-0.15, -0.1) is 0 Å². The Kier molecular flexibility index (Phi) is 4.36. The lowest BCUT2D eigenvalue weighted by atomic mass is 9.87. The minimum atomic E-state index is -0.536. The number of carbonyl (C=O) groups is 1. The first-order valence-corrected chi connectivity index (χ1v) is 4.46. The molecule has 0 aliphatic heterocycles. The van der Waals surface area contributed by atoms with Gasteiger partial charge >= 0.3 is 0 Å². The van der Waals surface area contributed by atoms with Crippen molar-refractivity contribution in [3.8, 4) is 0 Å². The van der Waals surface area contributed by atoms with E-state index in [4.69, 9.17) is 10.8 Å². The molecule has 13 heavy (non-hydrogen) atoms. The lowest BCUT2D eigenvalue weighted by Gasteiger charge is -2.26. The molecule has 0 fully saturated rings. The molecule has 0 saturated heterocycles. The molecule has 0 aromatic rings. The average Bonchev–Trinajstić information content (AvgIpc) is 1.96. The van der Waals surface area contributed by atoms with Crippen molar-refractivity contribution in [3.63, 3.8) is 0 Å². The van der Waals surface area contributed by atoms with Crippen LogP contribution in [0.15, 0.2) is 0 Å². The molecule has 0 heterocycles. The van der Waals surface area contributed by atoms with E-state index >= 15 is 0 Å². The minimum absolute atomic E-state index is 0.214. The van der Waals surface area contributed by atoms with Crippen LogP contribution in [0.2, 0.25) is 0 Å². The minimum Gasteiger partial charge on any atom is -0.392 e. The van der Waals surface area contributed by atoms with E-state index < -0.39 is 12.1 Å². The number of aliphatic hydroxyl groups excluding tert-OH is 1. The average molecular weight is 188 g/mol. The van der Waals surface area contributed by atoms with Crippen molar-refractivity contribution >= 4 is 5.91 Å². The summed E-state index contributed by atoms with van der Waals surface area (Å²) >= 11 is 0. The van der Waals surface area contributed by atoms with Gasteiger partial charge in [-0.05, 0) is 12.3 Å². The van der Waals surface area contributed by atoms with Gasteiger partial charge < -0.3 is 16.2 Å². The summed E-state index contributed by atoms with van der Waals surface area (Å²) < 4.78 is 0. The van der Waals surface area contributed by atoms with Crippen molar-refractivity contribution in [3.05, 3.63) is 0 Å². The molecular formula is C9H20N2O2. The molecular weight excluding hydrogens is 168 g/mol. The molecule has 0 aliphatic rings. The standard InChI is InChI=1S/C9H20N2O2/c1-6(12)5-11-8(13)7(10)9(2,3)4/h6-7,12H,5,10H2,1-4H3,(H,11,13)/t6-,7?/m1/s1. The number of hydrogen-bond acceptors (Lipinski definition) is 3. The van der Waals surface area contributed by atoms with Gasteiger partial charge in [0.05, 0.1) is 12.1 Å². The Bertz CT molecular complexity index is 173. The maximum atomic E-state index is 11.3. The maximum absolute atomic E-state index is 11.3. The van der Waals surface area contributed by atoms with E-state index in [1.807, 2.05) is 20.8 Å². The zero-order chi connectivity index (χ0) is 10.6. The second-order valence-corrected chi connectivity index (χ2v) is 4.44. The van der Waals surface area contributed by atoms with Gasteiger partial charge in [-0.2, -0.15) is 0 Å². The molecule has 2 atom stereocenters. The highest BCUT2D eigenvalue weighted by Crippen LogP contribution is 2.16. The monoisotopic (exact) mass is 188 g/mol. The Labute approximate surface area is 79.5 Å². The van der Waals surface area contributed by atoms with Crippen LogP contribution in [0.1, 0.15) is 27.7 Å². The molecule has 0 rings (SSSR count). The molecule has 1 unspecified atom stereocenters. The molecule has 0 radical (unpaired) electrons. The van der Waals surface area contributed by atoms with Crippen molar-refractivity contribution in [2.75, 3.05) is 6.54 Å². The fraction of sp³-hybridized carbons (Fsp3) is 0.889. The van der Waals surface area contributed by atoms with E-state index in [1.165, 1.54) is 0 Å². The summed E-state index contributed by atoms with van der Waals surface area (Å²) in [7, 11) is 0. The molecule has 1 amide bonds. The second kappa shape index (κ2) is 4.58. The number of nitrogens with two attached hydrogens (primary N) is 1. The Hall–Kier alpha value is -0.610. The topological polar surface area (TPSA) is 75.3 Å². The zero-order valence-corrected chi connectivity index (χ0v) is 8.79. The van der Waals surface area contributed by atoms with Crippen LogP contribution in [-0.2, 0) is 4.79 Å². The zero-order valence-electron chi connectivity index (χ0n) is 8.79. The Morgan fingerprint density at radius 3 is 2.31 bits per heavy atom. The third-order valence-corrected chi connectivity index (χ3v) is 1.79. The van der Waals surface area contributed by atoms with Gasteiger partial charge in [0.2, 0.25) is 5.91 Å². The molecule has 0 aromatic carbocycles. The van der Waals surface area contributed by atoms with Crippen molar-refractivity contribution < 1.29 is 9.90 Å². The van der Waals surface area contributed by atoms with Gasteiger partial charge in [0.1, 0.15) is 0 Å². The smallest absolute Gasteiger partial charge is 0.237 e. The maximum Gasteiger partial charge on any atom is 0.237 e. The first-order chi connectivity index (χ1) is 5.75. The molecule has 0 spiro atoms. The third-order valence-electron chi connectivity index (χ3n) is 1.79. The first kappa shape index (κ1) is 12.4. The van der Waals surface area contributed by atoms with Gasteiger partial charge in [-0.3, -0.25) is 4.79 Å². The normalized spacial score (nSPS) is 16.5. The summed E-state index contributed by atoms with van der Waals surface area (Å²) in [4.78, 5) is 11.3. The van der Waals surface area contributed by atoms with Crippen molar-refractivity contribution in [1.82, 2.24) is 5.32 Å². The number of nitrogens with one attached hydrogen (secondary N) is 1. The van der Waals surface area contributed by atoms with E-state index in [2.05, 4.69) is 5.32 Å². The SMILES string of the molecule is C[C@@H](O)CNC(=O)C(N)C(C)(C)C. The number of aliphatic hydroxyl groups is 1. The predicted octanol–water partition coefficient (Wildman–Crippen LogP) is -0.143. The molecule has 4 nitrogen and oxygen atoms in total. The molecule has 0 aliphatic carbocycles. The van der Waals surface area contributed by atoms with Crippen LogP contribution in [0.3, 0.4) is 0 Å². The third kappa shape index (κ3) is 4.85. The molecule has 78 valence electrons. The lowest BCUT2D eigenvalue weighted by Crippen LogP contribution is -2.49. The summed E-state index contributed by atoms with van der Waals surface area (Å²) in [5.41, 5.74) is 5.44. The van der Waals surface area contributed by atoms with E-state index in [9.17, 15) is 4.79 Å². The van der Waals surface area contributed by atoms with E-state index in [1.54, 1.807) is 6.92 Å². The van der Waals surface area contributed by atoms with Crippen LogP contribution < -0.4 is 11.1 Å². The first-order valence-electron chi connectivity index (χ1n) is 4.46. The van der Waals surface area contributed by atoms with Gasteiger partial charge in [0.25, 0.3) is 0 Å². The highest BCUT2D eigenvalue weighted by atomic mass is 16.3. The van der Waals surface area contributed by atoms with Crippen LogP contribution >= 0.6 is 0 Å². The van der Waals surface area contributed by atoms with Gasteiger partial charge in [-0.25, -0.2) is 0 Å². The van der Waals surface area contributed by atoms with Crippen LogP contribution in [-0.4, -0.2) is 29.7 Å². The predicted molar refractivity (Wildman–Crippen MR) is 52.1 cm³/mol. The van der Waals surface area contributed by atoms with Crippen molar-refractivity contribution in [1.29, 1.82) is 0 Å². The number of rotatable bonds is 3. The van der Waals surface area contributed by atoms with E-state index in [-0.39, 0.29) is 17.9 Å². The van der Waals surface area contributed by atoms with E-state index in [0.29, 0.717) is 0 Å². The lowest BCUT2D eigenvalue weighted by molar-refractivity contribution is -0.124. The highest BCUT2D eigenvalue weighted by Gasteiger charge is 2.27. The van der Waals surface area contributed by atoms with Crippen molar-refractivity contribution in [2.24, 2.45) is 11.1 Å². The second-order valence-electron chi connectivity index (χ2n) is 4.44. The summed E-state index contributed by atoms with van der Waals surface area (Å²) in [5, 5.41) is 11.5. The summed E-state index contributed by atoms with van der Waals surface area (Å²) in [6.07, 6.45) is -0.531. The quantitative estimate of drug-likeness (QED) is 0.577. The van der Waals surface area contributed by atoms with Crippen LogP contribution in [0.5, 0.6) is 0 Å². The van der Waals surface area contributed by atoms with Crippen LogP contribution in [0.4, 0.5) is 0 Å². The summed E-state index contributed by atoms with van der Waals surface area (Å²) in [6, 6.07) is -0.536. The van der Waals surface area contributed by atoms with Crippen LogP contribution in [0, 0.1) is 5.41 Å². The fourth-order valence-electron chi connectivity index (χ4n) is 0.752. The van der Waals surface area contributed by atoms with Gasteiger partial charge in [0, 0.05) is 6.54 Å². The van der Waals surface area contributed by atoms with Gasteiger partial charge in [0.15, 0.2) is 0 Å². The Morgan fingerprint density at radius 1 is 1.54 bits per heavy atom. The molecule has 0 aromatic heterocycles. The van der Waals surface area contributed by atoms with Crippen LogP contribution in [0.25, 0.3) is 0 Å². The number of amides is 1. The largest absolute Gasteiger partial charge is 0.392 e. The van der Waals surface area contributed by atoms with Crippen molar-refractivity contribution in [2.45, 2.75) is 39.8 Å². The molecule has 4 N–H and O–H groups in total. The summed E-state index contributed by atoms with van der Waals surface area (Å²) in [5.74, 6) is -0.214. The fourth-order valence-corrected chi connectivity index (χ4v) is 0.752. The number of hydrogen-bond donors (Lipinski definition) is 3. The number of carbonyl (C=O) groups excluding carboxylic acids is 1. The van der Waals surface area contributed by atoms with E-state index in [0.717, 1.165) is 0 Å². The van der Waals surface area contributed by atoms with Gasteiger partial charge in [-0.1, -0.05) is 20.8 Å². The molecule has 0 bridgehead atoms. The highest BCUT2D eigenvalue weighted by molar-refractivity contribution is 5.82. The Morgan fingerprint density at radius 2 is 2.00 bits per heavy atom. The summed E-state index contributed by atoms with van der Waals surface area (Å²) in [6.45, 7) is 7.57. The molecule has 0 saturated carbocycles. The molecule has 4 heteroatoms. The Balaban J connectivity index is 3.98.